The van der Waals surface area contributed by atoms with Crippen molar-refractivity contribution in [1.29, 1.82) is 10.5 Å². The molecule has 0 aliphatic carbocycles. The Kier molecular flexibility index (Phi) is 3.06. The summed E-state index contributed by atoms with van der Waals surface area (Å²) in [7, 11) is 0. The molecule has 0 aromatic carbocycles. The van der Waals surface area contributed by atoms with Gasteiger partial charge in [0.2, 0.25) is 0 Å². The third-order valence-electron chi connectivity index (χ3n) is 2.84. The van der Waals surface area contributed by atoms with E-state index >= 15 is 0 Å². The lowest BCUT2D eigenvalue weighted by molar-refractivity contribution is 0.587. The Morgan fingerprint density at radius 2 is 1.84 bits per heavy atom. The largest absolute Gasteiger partial charge is 0.273 e. The zero-order valence-corrected chi connectivity index (χ0v) is 11.0. The first-order valence-corrected chi connectivity index (χ1v) is 5.82. The van der Waals surface area contributed by atoms with E-state index in [1.807, 2.05) is 24.3 Å². The molecule has 0 bridgehead atoms. The van der Waals surface area contributed by atoms with Gasteiger partial charge in [-0.2, -0.15) is 10.5 Å². The molecule has 0 unspecified atom stereocenters. The summed E-state index contributed by atoms with van der Waals surface area (Å²) < 4.78 is 1.52. The van der Waals surface area contributed by atoms with E-state index in [0.717, 1.165) is 5.56 Å². The quantitative estimate of drug-likeness (QED) is 0.779. The van der Waals surface area contributed by atoms with Crippen molar-refractivity contribution in [3.8, 4) is 18.0 Å². The third kappa shape index (κ3) is 2.31. The van der Waals surface area contributed by atoms with Crippen molar-refractivity contribution in [2.45, 2.75) is 26.2 Å². The highest BCUT2D eigenvalue weighted by atomic mass is 15.1. The molecule has 94 valence electrons. The van der Waals surface area contributed by atoms with Crippen LogP contribution in [0.1, 0.15) is 37.7 Å². The molecular weight excluding hydrogens is 238 g/mol. The van der Waals surface area contributed by atoms with Gasteiger partial charge in [0, 0.05) is 6.20 Å². The number of nitriles is 2. The zero-order chi connectivity index (χ0) is 14.0. The molecule has 0 amide bonds. The van der Waals surface area contributed by atoms with Crippen LogP contribution >= 0.6 is 0 Å². The van der Waals surface area contributed by atoms with Crippen molar-refractivity contribution < 1.29 is 0 Å². The minimum Gasteiger partial charge on any atom is -0.273 e. The van der Waals surface area contributed by atoms with Crippen molar-refractivity contribution in [2.24, 2.45) is 0 Å². The van der Waals surface area contributed by atoms with Gasteiger partial charge in [-0.15, -0.1) is 0 Å². The fourth-order valence-electron chi connectivity index (χ4n) is 1.68. The number of nitrogens with zero attached hydrogens (tertiary/aromatic N) is 5. The van der Waals surface area contributed by atoms with Crippen molar-refractivity contribution >= 4 is 0 Å². The van der Waals surface area contributed by atoms with Gasteiger partial charge in [0.15, 0.2) is 11.4 Å². The topological polar surface area (TPSA) is 78.3 Å². The van der Waals surface area contributed by atoms with Crippen molar-refractivity contribution in [1.82, 2.24) is 14.5 Å². The van der Waals surface area contributed by atoms with Gasteiger partial charge in [0.1, 0.15) is 24.3 Å². The van der Waals surface area contributed by atoms with Crippen LogP contribution in [0.3, 0.4) is 0 Å². The Labute approximate surface area is 111 Å². The second kappa shape index (κ2) is 4.55. The first-order valence-electron chi connectivity index (χ1n) is 5.82. The molecule has 0 N–H and O–H groups in total. The summed E-state index contributed by atoms with van der Waals surface area (Å²) in [5.74, 6) is 0.582. The van der Waals surface area contributed by atoms with E-state index in [-0.39, 0.29) is 16.8 Å². The number of pyridine rings is 1. The van der Waals surface area contributed by atoms with Crippen LogP contribution in [0, 0.1) is 22.7 Å². The van der Waals surface area contributed by atoms with Crippen LogP contribution in [0.2, 0.25) is 0 Å². The maximum Gasteiger partial charge on any atom is 0.177 e. The highest BCUT2D eigenvalue weighted by molar-refractivity contribution is 5.42. The molecular formula is C14H13N5. The monoisotopic (exact) mass is 251 g/mol. The summed E-state index contributed by atoms with van der Waals surface area (Å²) in [5, 5.41) is 17.9. The van der Waals surface area contributed by atoms with Crippen LogP contribution in [-0.4, -0.2) is 14.5 Å². The molecule has 2 rings (SSSR count). The smallest absolute Gasteiger partial charge is 0.177 e. The normalized spacial score (nSPS) is 10.8. The molecule has 0 radical (unpaired) electrons. The maximum absolute atomic E-state index is 9.07. The Morgan fingerprint density at radius 1 is 1.11 bits per heavy atom. The predicted octanol–water partition coefficient (Wildman–Crippen LogP) is 2.31. The van der Waals surface area contributed by atoms with Crippen molar-refractivity contribution in [2.75, 3.05) is 0 Å². The number of aromatic nitrogens is 3. The van der Waals surface area contributed by atoms with E-state index in [0.29, 0.717) is 5.82 Å². The lowest BCUT2D eigenvalue weighted by Crippen LogP contribution is -2.12. The molecule has 0 aliphatic rings. The van der Waals surface area contributed by atoms with Crippen LogP contribution in [0.4, 0.5) is 0 Å². The molecule has 0 aliphatic heterocycles. The Hall–Kier alpha value is -2.66. The first kappa shape index (κ1) is 12.8. The van der Waals surface area contributed by atoms with E-state index in [1.54, 1.807) is 6.20 Å². The molecule has 0 fully saturated rings. The van der Waals surface area contributed by atoms with Gasteiger partial charge in [-0.3, -0.25) is 4.57 Å². The summed E-state index contributed by atoms with van der Waals surface area (Å²) in [6, 6.07) is 7.66. The Morgan fingerprint density at radius 3 is 2.32 bits per heavy atom. The molecule has 0 saturated carbocycles. The highest BCUT2D eigenvalue weighted by Crippen LogP contribution is 2.22. The van der Waals surface area contributed by atoms with Crippen LogP contribution in [0.5, 0.6) is 0 Å². The minimum atomic E-state index is 0.0241. The van der Waals surface area contributed by atoms with Crippen LogP contribution in [0.15, 0.2) is 24.7 Å². The fraction of sp³-hybridized carbons (Fsp3) is 0.286. The second-order valence-electron chi connectivity index (χ2n) is 5.19. The van der Waals surface area contributed by atoms with Gasteiger partial charge in [0.25, 0.3) is 0 Å². The number of imidazole rings is 1. The molecule has 2 aromatic rings. The summed E-state index contributed by atoms with van der Waals surface area (Å²) in [5.41, 5.74) is 1.45. The Balaban J connectivity index is 2.48. The molecule has 0 saturated heterocycles. The lowest BCUT2D eigenvalue weighted by atomic mass is 9.88. The second-order valence-corrected chi connectivity index (χ2v) is 5.19. The number of rotatable bonds is 1. The maximum atomic E-state index is 9.07. The summed E-state index contributed by atoms with van der Waals surface area (Å²) in [4.78, 5) is 8.23. The SMILES string of the molecule is CC(C)(C)c1ccc(-n2cnc(C#N)c2C#N)nc1. The van der Waals surface area contributed by atoms with Crippen LogP contribution in [-0.2, 0) is 5.41 Å². The van der Waals surface area contributed by atoms with E-state index < -0.39 is 0 Å². The van der Waals surface area contributed by atoms with Gasteiger partial charge in [0.05, 0.1) is 0 Å². The lowest BCUT2D eigenvalue weighted by Gasteiger charge is -2.18. The molecule has 0 atom stereocenters. The zero-order valence-electron chi connectivity index (χ0n) is 11.0. The average Bonchev–Trinajstić information content (AvgIpc) is 2.80. The van der Waals surface area contributed by atoms with Crippen LogP contribution < -0.4 is 0 Å². The summed E-state index contributed by atoms with van der Waals surface area (Å²) in [6.07, 6.45) is 3.22. The fourth-order valence-corrected chi connectivity index (χ4v) is 1.68. The van der Waals surface area contributed by atoms with Gasteiger partial charge in [-0.1, -0.05) is 26.8 Å². The molecule has 2 aromatic heterocycles. The molecule has 19 heavy (non-hydrogen) atoms. The molecule has 0 spiro atoms. The average molecular weight is 251 g/mol. The number of hydrogen-bond acceptors (Lipinski definition) is 4. The predicted molar refractivity (Wildman–Crippen MR) is 69.5 cm³/mol. The highest BCUT2D eigenvalue weighted by Gasteiger charge is 2.16. The molecule has 2 heterocycles. The van der Waals surface area contributed by atoms with Crippen LogP contribution in [0.25, 0.3) is 5.82 Å². The van der Waals surface area contributed by atoms with Crippen molar-refractivity contribution in [3.63, 3.8) is 0 Å². The summed E-state index contributed by atoms with van der Waals surface area (Å²) in [6.45, 7) is 6.32. The minimum absolute atomic E-state index is 0.0241. The van der Waals surface area contributed by atoms with E-state index in [4.69, 9.17) is 10.5 Å². The third-order valence-corrected chi connectivity index (χ3v) is 2.84. The number of hydrogen-bond donors (Lipinski definition) is 0. The standard InChI is InChI=1S/C14H13N5/c1-14(2,3)10-4-5-13(17-8-10)19-9-18-11(6-15)12(19)7-16/h4-5,8-9H,1-3H3. The Bertz CT molecular complexity index is 675. The van der Waals surface area contributed by atoms with Gasteiger partial charge in [-0.25, -0.2) is 9.97 Å². The van der Waals surface area contributed by atoms with Gasteiger partial charge >= 0.3 is 0 Å². The van der Waals surface area contributed by atoms with E-state index in [2.05, 4.69) is 30.7 Å². The van der Waals surface area contributed by atoms with Gasteiger partial charge < -0.3 is 0 Å². The first-order chi connectivity index (χ1) is 8.97. The molecule has 5 heteroatoms. The van der Waals surface area contributed by atoms with Crippen molar-refractivity contribution in [3.05, 3.63) is 41.6 Å². The summed E-state index contributed by atoms with van der Waals surface area (Å²) >= 11 is 0. The van der Waals surface area contributed by atoms with E-state index in [1.165, 1.54) is 10.9 Å². The molecule has 5 nitrogen and oxygen atoms in total. The van der Waals surface area contributed by atoms with Gasteiger partial charge in [-0.05, 0) is 17.0 Å². The van der Waals surface area contributed by atoms with E-state index in [9.17, 15) is 0 Å².